The first-order valence-corrected chi connectivity index (χ1v) is 7.29. The first-order chi connectivity index (χ1) is 10.2. The molecule has 0 amide bonds. The smallest absolute Gasteiger partial charge is 0.278 e. The first-order valence-electron chi connectivity index (χ1n) is 6.41. The van der Waals surface area contributed by atoms with Crippen molar-refractivity contribution in [3.05, 3.63) is 63.1 Å². The Morgan fingerprint density at radius 3 is 2.86 bits per heavy atom. The maximum absolute atomic E-state index is 11.1. The summed E-state index contributed by atoms with van der Waals surface area (Å²) in [5.41, 5.74) is 1.05. The van der Waals surface area contributed by atoms with Gasteiger partial charge in [0.15, 0.2) is 0 Å². The fraction of sp³-hybridized carbons (Fsp3) is 0.133. The van der Waals surface area contributed by atoms with Gasteiger partial charge in [-0.05, 0) is 23.6 Å². The summed E-state index contributed by atoms with van der Waals surface area (Å²) in [7, 11) is 1.99. The summed E-state index contributed by atoms with van der Waals surface area (Å²) in [4.78, 5) is 18.1. The lowest BCUT2D eigenvalue weighted by Crippen LogP contribution is -2.16. The first kappa shape index (κ1) is 13.5. The van der Waals surface area contributed by atoms with Gasteiger partial charge in [-0.1, -0.05) is 6.07 Å². The minimum atomic E-state index is -0.368. The molecule has 6 heteroatoms. The molecule has 2 heterocycles. The number of rotatable bonds is 4. The summed E-state index contributed by atoms with van der Waals surface area (Å²) in [6, 6.07) is 9.27. The van der Waals surface area contributed by atoms with Crippen LogP contribution in [0.25, 0.3) is 10.8 Å². The van der Waals surface area contributed by atoms with Crippen LogP contribution in [0.15, 0.2) is 48.1 Å². The van der Waals surface area contributed by atoms with Crippen LogP contribution in [0, 0.1) is 10.1 Å². The van der Waals surface area contributed by atoms with Gasteiger partial charge in [-0.15, -0.1) is 11.3 Å². The molecule has 0 bridgehead atoms. The third-order valence-corrected chi connectivity index (χ3v) is 4.21. The molecule has 2 aromatic heterocycles. The standard InChI is InChI=1S/C15H13N3O2S/c1-17(10-11-3-2-8-21-11)14-4-5-15(18(19)20)13-9-16-7-6-12(13)14/h2-9H,10H2,1H3. The van der Waals surface area contributed by atoms with Gasteiger partial charge in [0, 0.05) is 41.5 Å². The number of hydrogen-bond donors (Lipinski definition) is 0. The van der Waals surface area contributed by atoms with Gasteiger partial charge in [0.25, 0.3) is 5.69 Å². The van der Waals surface area contributed by atoms with Gasteiger partial charge in [-0.2, -0.15) is 0 Å². The Labute approximate surface area is 125 Å². The Morgan fingerprint density at radius 1 is 1.29 bits per heavy atom. The summed E-state index contributed by atoms with van der Waals surface area (Å²) in [6.45, 7) is 0.771. The molecule has 3 rings (SSSR count). The fourth-order valence-corrected chi connectivity index (χ4v) is 3.13. The molecular weight excluding hydrogens is 286 g/mol. The molecule has 5 nitrogen and oxygen atoms in total. The fourth-order valence-electron chi connectivity index (χ4n) is 2.37. The van der Waals surface area contributed by atoms with Crippen molar-refractivity contribution in [2.75, 3.05) is 11.9 Å². The second kappa shape index (κ2) is 5.49. The van der Waals surface area contributed by atoms with E-state index in [1.54, 1.807) is 35.9 Å². The summed E-state index contributed by atoms with van der Waals surface area (Å²) >= 11 is 1.70. The number of anilines is 1. The van der Waals surface area contributed by atoms with Crippen molar-refractivity contribution >= 4 is 33.5 Å². The van der Waals surface area contributed by atoms with Crippen LogP contribution in [-0.2, 0) is 6.54 Å². The molecule has 0 aliphatic heterocycles. The van der Waals surface area contributed by atoms with Crippen molar-refractivity contribution in [3.8, 4) is 0 Å². The zero-order valence-corrected chi connectivity index (χ0v) is 12.2. The van der Waals surface area contributed by atoms with Gasteiger partial charge in [0.05, 0.1) is 16.9 Å². The van der Waals surface area contributed by atoms with Crippen LogP contribution >= 0.6 is 11.3 Å². The highest BCUT2D eigenvalue weighted by Crippen LogP contribution is 2.33. The number of aromatic nitrogens is 1. The van der Waals surface area contributed by atoms with Crippen molar-refractivity contribution in [1.29, 1.82) is 0 Å². The number of nitro benzene ring substituents is 1. The second-order valence-electron chi connectivity index (χ2n) is 4.72. The average Bonchev–Trinajstić information content (AvgIpc) is 2.98. The predicted octanol–water partition coefficient (Wildman–Crippen LogP) is 3.84. The number of thiophene rings is 1. The summed E-state index contributed by atoms with van der Waals surface area (Å²) in [6.07, 6.45) is 3.21. The van der Waals surface area contributed by atoms with E-state index in [1.165, 1.54) is 4.88 Å². The largest absolute Gasteiger partial charge is 0.369 e. The lowest BCUT2D eigenvalue weighted by atomic mass is 10.1. The summed E-state index contributed by atoms with van der Waals surface area (Å²) < 4.78 is 0. The SMILES string of the molecule is CN(Cc1cccs1)c1ccc([N+](=O)[O-])c2cnccc12. The predicted molar refractivity (Wildman–Crippen MR) is 84.8 cm³/mol. The third-order valence-electron chi connectivity index (χ3n) is 3.35. The van der Waals surface area contributed by atoms with E-state index >= 15 is 0 Å². The number of nitrogens with zero attached hydrogens (tertiary/aromatic N) is 3. The Morgan fingerprint density at radius 2 is 2.14 bits per heavy atom. The Hall–Kier alpha value is -2.47. The number of nitro groups is 1. The number of hydrogen-bond acceptors (Lipinski definition) is 5. The molecule has 0 fully saturated rings. The zero-order valence-electron chi connectivity index (χ0n) is 11.4. The highest BCUT2D eigenvalue weighted by molar-refractivity contribution is 7.09. The van der Waals surface area contributed by atoms with E-state index in [1.807, 2.05) is 24.6 Å². The van der Waals surface area contributed by atoms with E-state index < -0.39 is 0 Å². The van der Waals surface area contributed by atoms with Gasteiger partial charge in [-0.3, -0.25) is 15.1 Å². The average molecular weight is 299 g/mol. The molecule has 21 heavy (non-hydrogen) atoms. The Balaban J connectivity index is 2.07. The molecule has 0 unspecified atom stereocenters. The van der Waals surface area contributed by atoms with Crippen LogP contribution in [0.4, 0.5) is 11.4 Å². The quantitative estimate of drug-likeness (QED) is 0.542. The molecule has 1 aromatic carbocycles. The Kier molecular flexibility index (Phi) is 3.53. The van der Waals surface area contributed by atoms with E-state index in [0.717, 1.165) is 17.6 Å². The van der Waals surface area contributed by atoms with Crippen molar-refractivity contribution in [3.63, 3.8) is 0 Å². The normalized spacial score (nSPS) is 10.7. The van der Waals surface area contributed by atoms with Crippen LogP contribution in [-0.4, -0.2) is 17.0 Å². The molecule has 0 atom stereocenters. The maximum atomic E-state index is 11.1. The number of non-ortho nitro benzene ring substituents is 1. The van der Waals surface area contributed by atoms with E-state index in [2.05, 4.69) is 16.0 Å². The van der Waals surface area contributed by atoms with Crippen LogP contribution < -0.4 is 4.90 Å². The molecule has 0 aliphatic carbocycles. The van der Waals surface area contributed by atoms with E-state index in [0.29, 0.717) is 5.39 Å². The van der Waals surface area contributed by atoms with Crippen molar-refractivity contribution in [1.82, 2.24) is 4.98 Å². The molecule has 106 valence electrons. The van der Waals surface area contributed by atoms with Crippen molar-refractivity contribution in [2.24, 2.45) is 0 Å². The number of fused-ring (bicyclic) bond motifs is 1. The molecule has 0 N–H and O–H groups in total. The molecule has 0 spiro atoms. The van der Waals surface area contributed by atoms with Crippen LogP contribution in [0.5, 0.6) is 0 Å². The maximum Gasteiger partial charge on any atom is 0.278 e. The van der Waals surface area contributed by atoms with E-state index in [4.69, 9.17) is 0 Å². The molecule has 0 radical (unpaired) electrons. The van der Waals surface area contributed by atoms with Crippen LogP contribution in [0.2, 0.25) is 0 Å². The lowest BCUT2D eigenvalue weighted by molar-refractivity contribution is -0.383. The highest BCUT2D eigenvalue weighted by Gasteiger charge is 2.16. The van der Waals surface area contributed by atoms with Crippen LogP contribution in [0.3, 0.4) is 0 Å². The molecule has 0 aliphatic rings. The third kappa shape index (κ3) is 2.57. The lowest BCUT2D eigenvalue weighted by Gasteiger charge is -2.20. The monoisotopic (exact) mass is 299 g/mol. The van der Waals surface area contributed by atoms with Gasteiger partial charge in [0.2, 0.25) is 0 Å². The summed E-state index contributed by atoms with van der Waals surface area (Å²) in [5.74, 6) is 0. The Bertz CT molecular complexity index is 787. The summed E-state index contributed by atoms with van der Waals surface area (Å²) in [5, 5.41) is 14.6. The number of benzene rings is 1. The van der Waals surface area contributed by atoms with Crippen molar-refractivity contribution in [2.45, 2.75) is 6.54 Å². The van der Waals surface area contributed by atoms with Gasteiger partial charge in [-0.25, -0.2) is 0 Å². The second-order valence-corrected chi connectivity index (χ2v) is 5.75. The van der Waals surface area contributed by atoms with Gasteiger partial charge >= 0.3 is 0 Å². The van der Waals surface area contributed by atoms with E-state index in [-0.39, 0.29) is 10.6 Å². The zero-order chi connectivity index (χ0) is 14.8. The minimum Gasteiger partial charge on any atom is -0.369 e. The van der Waals surface area contributed by atoms with E-state index in [9.17, 15) is 10.1 Å². The molecular formula is C15H13N3O2S. The number of pyridine rings is 1. The van der Waals surface area contributed by atoms with Crippen molar-refractivity contribution < 1.29 is 4.92 Å². The van der Waals surface area contributed by atoms with Crippen LogP contribution in [0.1, 0.15) is 4.88 Å². The highest BCUT2D eigenvalue weighted by atomic mass is 32.1. The minimum absolute atomic E-state index is 0.0892. The van der Waals surface area contributed by atoms with Gasteiger partial charge < -0.3 is 4.90 Å². The topological polar surface area (TPSA) is 59.3 Å². The molecule has 0 saturated carbocycles. The molecule has 3 aromatic rings. The van der Waals surface area contributed by atoms with Gasteiger partial charge in [0.1, 0.15) is 0 Å². The molecule has 0 saturated heterocycles.